The zero-order valence-corrected chi connectivity index (χ0v) is 10.3. The van der Waals surface area contributed by atoms with Gasteiger partial charge >= 0.3 is 0 Å². The molecule has 0 spiro atoms. The largest absolute Gasteiger partial charge is 0.265 e. The Morgan fingerprint density at radius 1 is 1.31 bits per heavy atom. The maximum absolute atomic E-state index is 4.57. The van der Waals surface area contributed by atoms with Crippen molar-refractivity contribution in [2.24, 2.45) is 13.0 Å². The Hall–Kier alpha value is -1.45. The summed E-state index contributed by atoms with van der Waals surface area (Å²) in [7, 11) is 1.91. The smallest absolute Gasteiger partial charge is 0.132 e. The van der Waals surface area contributed by atoms with Gasteiger partial charge in [0.25, 0.3) is 0 Å². The first-order chi connectivity index (χ1) is 7.63. The first-order valence-electron chi connectivity index (χ1n) is 5.78. The molecule has 0 aliphatic heterocycles. The van der Waals surface area contributed by atoms with Crippen LogP contribution in [0.4, 0.5) is 0 Å². The van der Waals surface area contributed by atoms with Crippen molar-refractivity contribution < 1.29 is 0 Å². The third kappa shape index (κ3) is 1.79. The Labute approximate surface area is 95.7 Å². The fourth-order valence-corrected chi connectivity index (χ4v) is 1.78. The van der Waals surface area contributed by atoms with E-state index in [-0.39, 0.29) is 0 Å². The van der Waals surface area contributed by atoms with Crippen LogP contribution < -0.4 is 0 Å². The van der Waals surface area contributed by atoms with Crippen LogP contribution in [0.2, 0.25) is 0 Å². The molecule has 0 saturated heterocycles. The van der Waals surface area contributed by atoms with Gasteiger partial charge in [-0.25, -0.2) is 9.97 Å². The number of hydrogen-bond donors (Lipinski definition) is 0. The summed E-state index contributed by atoms with van der Waals surface area (Å²) in [6.07, 6.45) is 4.81. The molecular formula is C12H18N4. The quantitative estimate of drug-likeness (QED) is 0.795. The lowest BCUT2D eigenvalue weighted by atomic mass is 9.93. The summed E-state index contributed by atoms with van der Waals surface area (Å²) >= 11 is 0. The van der Waals surface area contributed by atoms with Gasteiger partial charge in [0.05, 0.1) is 12.4 Å². The van der Waals surface area contributed by atoms with Crippen LogP contribution in [0.1, 0.15) is 38.9 Å². The van der Waals surface area contributed by atoms with Gasteiger partial charge < -0.3 is 0 Å². The lowest BCUT2D eigenvalue weighted by Gasteiger charge is -2.16. The molecule has 0 fully saturated rings. The van der Waals surface area contributed by atoms with E-state index in [9.17, 15) is 0 Å². The molecule has 2 aromatic rings. The predicted octanol–water partition coefficient (Wildman–Crippen LogP) is 2.51. The van der Waals surface area contributed by atoms with Crippen molar-refractivity contribution in [3.63, 3.8) is 0 Å². The molecule has 4 nitrogen and oxygen atoms in total. The van der Waals surface area contributed by atoms with Crippen molar-refractivity contribution in [2.75, 3.05) is 0 Å². The van der Waals surface area contributed by atoms with E-state index in [4.69, 9.17) is 0 Å². The fourth-order valence-electron chi connectivity index (χ4n) is 1.78. The molecule has 16 heavy (non-hydrogen) atoms. The highest BCUT2D eigenvalue weighted by molar-refractivity contribution is 5.72. The molecule has 0 aliphatic rings. The lowest BCUT2D eigenvalue weighted by molar-refractivity contribution is 0.456. The first kappa shape index (κ1) is 11.0. The maximum atomic E-state index is 4.57. The number of rotatable bonds is 3. The third-order valence-electron chi connectivity index (χ3n) is 3.42. The van der Waals surface area contributed by atoms with Crippen LogP contribution >= 0.6 is 0 Å². The second kappa shape index (κ2) is 4.20. The molecule has 0 aromatic carbocycles. The minimum Gasteiger partial charge on any atom is -0.265 e. The minimum absolute atomic E-state index is 0.398. The van der Waals surface area contributed by atoms with Crippen molar-refractivity contribution in [1.82, 2.24) is 19.7 Å². The van der Waals surface area contributed by atoms with Gasteiger partial charge in [0.15, 0.2) is 0 Å². The molecule has 0 N–H and O–H groups in total. The molecule has 2 heterocycles. The molecule has 0 saturated carbocycles. The minimum atomic E-state index is 0.398. The van der Waals surface area contributed by atoms with Crippen molar-refractivity contribution in [3.05, 3.63) is 18.2 Å². The summed E-state index contributed by atoms with van der Waals surface area (Å²) in [4.78, 5) is 9.01. The SMILES string of the molecule is CCC(C)C(C)c1ncc2c(cnn2C)n1. The van der Waals surface area contributed by atoms with E-state index in [1.807, 2.05) is 13.2 Å². The summed E-state index contributed by atoms with van der Waals surface area (Å²) in [5.41, 5.74) is 1.92. The number of aromatic nitrogens is 4. The van der Waals surface area contributed by atoms with Crippen LogP contribution in [0.15, 0.2) is 12.4 Å². The van der Waals surface area contributed by atoms with Crippen molar-refractivity contribution >= 4 is 11.0 Å². The molecule has 2 aromatic heterocycles. The van der Waals surface area contributed by atoms with Crippen LogP contribution in [-0.4, -0.2) is 19.7 Å². The molecule has 0 aliphatic carbocycles. The van der Waals surface area contributed by atoms with E-state index < -0.39 is 0 Å². The second-order valence-electron chi connectivity index (χ2n) is 4.44. The lowest BCUT2D eigenvalue weighted by Crippen LogP contribution is -2.09. The molecule has 0 amide bonds. The average molecular weight is 218 g/mol. The zero-order chi connectivity index (χ0) is 11.7. The monoisotopic (exact) mass is 218 g/mol. The van der Waals surface area contributed by atoms with Crippen LogP contribution in [0, 0.1) is 5.92 Å². The first-order valence-corrected chi connectivity index (χ1v) is 5.78. The van der Waals surface area contributed by atoms with Crippen LogP contribution in [-0.2, 0) is 7.05 Å². The Morgan fingerprint density at radius 3 is 2.75 bits per heavy atom. The number of fused-ring (bicyclic) bond motifs is 1. The Balaban J connectivity index is 2.39. The zero-order valence-electron chi connectivity index (χ0n) is 10.3. The van der Waals surface area contributed by atoms with Gasteiger partial charge in [-0.1, -0.05) is 27.2 Å². The molecule has 0 bridgehead atoms. The van der Waals surface area contributed by atoms with Crippen molar-refractivity contribution in [1.29, 1.82) is 0 Å². The normalized spacial score (nSPS) is 15.2. The highest BCUT2D eigenvalue weighted by Crippen LogP contribution is 2.24. The van der Waals surface area contributed by atoms with Gasteiger partial charge in [0, 0.05) is 13.0 Å². The highest BCUT2D eigenvalue weighted by Gasteiger charge is 2.16. The fraction of sp³-hybridized carbons (Fsp3) is 0.583. The molecular weight excluding hydrogens is 200 g/mol. The van der Waals surface area contributed by atoms with E-state index in [1.165, 1.54) is 0 Å². The Kier molecular flexibility index (Phi) is 2.90. The van der Waals surface area contributed by atoms with E-state index >= 15 is 0 Å². The van der Waals surface area contributed by atoms with Crippen molar-refractivity contribution in [3.8, 4) is 0 Å². The number of nitrogens with zero attached hydrogens (tertiary/aromatic N) is 4. The molecule has 2 rings (SSSR count). The Morgan fingerprint density at radius 2 is 2.06 bits per heavy atom. The number of aryl methyl sites for hydroxylation is 1. The van der Waals surface area contributed by atoms with Gasteiger partial charge in [-0.2, -0.15) is 5.10 Å². The highest BCUT2D eigenvalue weighted by atomic mass is 15.3. The van der Waals surface area contributed by atoms with Crippen LogP contribution in [0.25, 0.3) is 11.0 Å². The molecule has 0 radical (unpaired) electrons. The summed E-state index contributed by atoms with van der Waals surface area (Å²) in [5, 5.41) is 4.18. The number of hydrogen-bond acceptors (Lipinski definition) is 3. The molecule has 4 heteroatoms. The molecule has 86 valence electrons. The average Bonchev–Trinajstić information content (AvgIpc) is 2.68. The van der Waals surface area contributed by atoms with Crippen LogP contribution in [0.5, 0.6) is 0 Å². The van der Waals surface area contributed by atoms with Gasteiger partial charge in [-0.15, -0.1) is 0 Å². The van der Waals surface area contributed by atoms with Gasteiger partial charge in [0.2, 0.25) is 0 Å². The standard InChI is InChI=1S/C12H18N4/c1-5-8(2)9(3)12-13-7-11-10(15-12)6-14-16(11)4/h6-9H,5H2,1-4H3. The molecule has 2 unspecified atom stereocenters. The van der Waals surface area contributed by atoms with E-state index in [1.54, 1.807) is 10.9 Å². The summed E-state index contributed by atoms with van der Waals surface area (Å²) in [6.45, 7) is 6.62. The predicted molar refractivity (Wildman–Crippen MR) is 64.2 cm³/mol. The summed E-state index contributed by atoms with van der Waals surface area (Å²) in [5.74, 6) is 1.93. The second-order valence-corrected chi connectivity index (χ2v) is 4.44. The van der Waals surface area contributed by atoms with Gasteiger partial charge in [0.1, 0.15) is 16.9 Å². The van der Waals surface area contributed by atoms with Crippen LogP contribution in [0.3, 0.4) is 0 Å². The van der Waals surface area contributed by atoms with E-state index in [0.29, 0.717) is 11.8 Å². The molecule has 2 atom stereocenters. The van der Waals surface area contributed by atoms with Gasteiger partial charge in [-0.05, 0) is 5.92 Å². The maximum Gasteiger partial charge on any atom is 0.132 e. The third-order valence-corrected chi connectivity index (χ3v) is 3.42. The summed E-state index contributed by atoms with van der Waals surface area (Å²) in [6, 6.07) is 0. The summed E-state index contributed by atoms with van der Waals surface area (Å²) < 4.78 is 1.80. The van der Waals surface area contributed by atoms with Crippen molar-refractivity contribution in [2.45, 2.75) is 33.1 Å². The Bertz CT molecular complexity index is 489. The topological polar surface area (TPSA) is 43.6 Å². The van der Waals surface area contributed by atoms with Gasteiger partial charge in [-0.3, -0.25) is 4.68 Å². The van der Waals surface area contributed by atoms with E-state index in [2.05, 4.69) is 35.8 Å². The van der Waals surface area contributed by atoms with E-state index in [0.717, 1.165) is 23.3 Å².